The second kappa shape index (κ2) is 7.67. The molecule has 0 saturated heterocycles. The lowest BCUT2D eigenvalue weighted by molar-refractivity contribution is 0.0952. The van der Waals surface area contributed by atoms with Crippen molar-refractivity contribution in [3.05, 3.63) is 74.9 Å². The zero-order valence-corrected chi connectivity index (χ0v) is 15.9. The van der Waals surface area contributed by atoms with E-state index in [1.807, 2.05) is 30.3 Å². The van der Waals surface area contributed by atoms with Gasteiger partial charge in [0.1, 0.15) is 17.3 Å². The molecule has 0 aliphatic heterocycles. The van der Waals surface area contributed by atoms with Crippen molar-refractivity contribution in [3.63, 3.8) is 0 Å². The molecule has 1 aromatic heterocycles. The number of nitrogens with zero attached hydrogens (tertiary/aromatic N) is 1. The highest BCUT2D eigenvalue weighted by atomic mass is 79.9. The highest BCUT2D eigenvalue weighted by molar-refractivity contribution is 9.10. The Kier molecular flexibility index (Phi) is 5.35. The van der Waals surface area contributed by atoms with Crippen LogP contribution in [0, 0.1) is 0 Å². The van der Waals surface area contributed by atoms with Crippen molar-refractivity contribution in [3.8, 4) is 17.1 Å². The van der Waals surface area contributed by atoms with Gasteiger partial charge in [-0.1, -0.05) is 44.0 Å². The van der Waals surface area contributed by atoms with Crippen LogP contribution >= 0.6 is 31.9 Å². The summed E-state index contributed by atoms with van der Waals surface area (Å²) in [6.07, 6.45) is 1.40. The van der Waals surface area contributed by atoms with Crippen LogP contribution in [-0.2, 0) is 0 Å². The molecule has 0 fully saturated rings. The van der Waals surface area contributed by atoms with E-state index in [0.29, 0.717) is 16.0 Å². The van der Waals surface area contributed by atoms with Crippen molar-refractivity contribution in [1.82, 2.24) is 5.43 Å². The molecule has 0 saturated carbocycles. The molecule has 0 aliphatic carbocycles. The van der Waals surface area contributed by atoms with Gasteiger partial charge in [0.25, 0.3) is 5.91 Å². The van der Waals surface area contributed by atoms with Gasteiger partial charge in [-0.2, -0.15) is 5.10 Å². The third-order valence-electron chi connectivity index (χ3n) is 3.32. The summed E-state index contributed by atoms with van der Waals surface area (Å²) in [7, 11) is 0. The number of halogens is 2. The van der Waals surface area contributed by atoms with Crippen molar-refractivity contribution < 1.29 is 14.3 Å². The molecule has 1 amide bonds. The number of furan rings is 1. The first-order valence-corrected chi connectivity index (χ1v) is 8.79. The third kappa shape index (κ3) is 4.37. The highest BCUT2D eigenvalue weighted by Crippen LogP contribution is 2.24. The fourth-order valence-electron chi connectivity index (χ4n) is 2.10. The molecule has 0 spiro atoms. The molecular formula is C18H12Br2N2O3. The Morgan fingerprint density at radius 2 is 1.76 bits per heavy atom. The SMILES string of the molecule is O=C(NN=Cc1ccc(-c2ccc(Br)cc2)o1)c1cc(Br)ccc1O. The van der Waals surface area contributed by atoms with E-state index >= 15 is 0 Å². The molecule has 7 heteroatoms. The summed E-state index contributed by atoms with van der Waals surface area (Å²) in [5, 5.41) is 13.6. The zero-order valence-electron chi connectivity index (χ0n) is 12.7. The largest absolute Gasteiger partial charge is 0.507 e. The quantitative estimate of drug-likeness (QED) is 0.425. The maximum Gasteiger partial charge on any atom is 0.275 e. The van der Waals surface area contributed by atoms with Crippen molar-refractivity contribution in [2.24, 2.45) is 5.10 Å². The molecule has 25 heavy (non-hydrogen) atoms. The van der Waals surface area contributed by atoms with Gasteiger partial charge in [-0.15, -0.1) is 0 Å². The molecule has 0 atom stereocenters. The number of carbonyl (C=O) groups excluding carboxylic acids is 1. The minimum absolute atomic E-state index is 0.119. The Bertz CT molecular complexity index is 934. The maximum atomic E-state index is 12.0. The van der Waals surface area contributed by atoms with E-state index in [1.54, 1.807) is 12.1 Å². The first-order chi connectivity index (χ1) is 12.0. The molecule has 3 rings (SSSR count). The van der Waals surface area contributed by atoms with Gasteiger partial charge in [0, 0.05) is 14.5 Å². The summed E-state index contributed by atoms with van der Waals surface area (Å²) in [6, 6.07) is 15.9. The second-order valence-electron chi connectivity index (χ2n) is 5.07. The molecule has 0 bridgehead atoms. The highest BCUT2D eigenvalue weighted by Gasteiger charge is 2.10. The molecule has 2 N–H and O–H groups in total. The first kappa shape index (κ1) is 17.4. The molecule has 0 aliphatic rings. The lowest BCUT2D eigenvalue weighted by Crippen LogP contribution is -2.17. The Hall–Kier alpha value is -2.38. The maximum absolute atomic E-state index is 12.0. The summed E-state index contributed by atoms with van der Waals surface area (Å²) in [5.41, 5.74) is 3.42. The molecule has 126 valence electrons. The monoisotopic (exact) mass is 462 g/mol. The fraction of sp³-hybridized carbons (Fsp3) is 0. The summed E-state index contributed by atoms with van der Waals surface area (Å²) in [5.74, 6) is 0.558. The number of hydrazone groups is 1. The number of rotatable bonds is 4. The van der Waals surface area contributed by atoms with E-state index in [1.165, 1.54) is 18.3 Å². The molecular weight excluding hydrogens is 452 g/mol. The summed E-state index contributed by atoms with van der Waals surface area (Å²) >= 11 is 6.64. The molecule has 3 aromatic rings. The van der Waals surface area contributed by atoms with E-state index in [4.69, 9.17) is 4.42 Å². The van der Waals surface area contributed by atoms with Crippen molar-refractivity contribution in [1.29, 1.82) is 0 Å². The lowest BCUT2D eigenvalue weighted by atomic mass is 10.2. The van der Waals surface area contributed by atoms with Gasteiger partial charge < -0.3 is 9.52 Å². The standard InChI is InChI=1S/C18H12Br2N2O3/c19-12-3-1-11(2-4-12)17-8-6-14(25-17)10-21-22-18(24)15-9-13(20)5-7-16(15)23/h1-10,23H,(H,22,24). The van der Waals surface area contributed by atoms with Crippen molar-refractivity contribution in [2.75, 3.05) is 0 Å². The first-order valence-electron chi connectivity index (χ1n) is 7.20. The van der Waals surface area contributed by atoms with Crippen LogP contribution in [0.4, 0.5) is 0 Å². The zero-order chi connectivity index (χ0) is 17.8. The number of aromatic hydroxyl groups is 1. The van der Waals surface area contributed by atoms with Crippen molar-refractivity contribution in [2.45, 2.75) is 0 Å². The topological polar surface area (TPSA) is 74.8 Å². The number of phenols is 1. The normalized spacial score (nSPS) is 11.0. The molecule has 1 heterocycles. The van der Waals surface area contributed by atoms with Gasteiger partial charge in [-0.3, -0.25) is 4.79 Å². The van der Waals surface area contributed by atoms with E-state index in [-0.39, 0.29) is 11.3 Å². The summed E-state index contributed by atoms with van der Waals surface area (Å²) in [6.45, 7) is 0. The number of benzene rings is 2. The van der Waals surface area contributed by atoms with Crippen LogP contribution in [0.25, 0.3) is 11.3 Å². The van der Waals surface area contributed by atoms with Gasteiger partial charge in [0.2, 0.25) is 0 Å². The predicted molar refractivity (Wildman–Crippen MR) is 103 cm³/mol. The van der Waals surface area contributed by atoms with Crippen LogP contribution in [0.15, 0.2) is 73.1 Å². The van der Waals surface area contributed by atoms with E-state index in [2.05, 4.69) is 42.4 Å². The molecule has 5 nitrogen and oxygen atoms in total. The number of carbonyl (C=O) groups is 1. The van der Waals surface area contributed by atoms with Gasteiger partial charge >= 0.3 is 0 Å². The average molecular weight is 464 g/mol. The molecule has 2 aromatic carbocycles. The van der Waals surface area contributed by atoms with Crippen LogP contribution < -0.4 is 5.43 Å². The van der Waals surface area contributed by atoms with E-state index in [9.17, 15) is 9.90 Å². The fourth-order valence-corrected chi connectivity index (χ4v) is 2.72. The summed E-state index contributed by atoms with van der Waals surface area (Å²) in [4.78, 5) is 12.0. The Labute approximate surface area is 160 Å². The Morgan fingerprint density at radius 3 is 2.52 bits per heavy atom. The molecule has 0 unspecified atom stereocenters. The lowest BCUT2D eigenvalue weighted by Gasteiger charge is -2.03. The van der Waals surface area contributed by atoms with Crippen LogP contribution in [0.5, 0.6) is 5.75 Å². The number of amides is 1. The summed E-state index contributed by atoms with van der Waals surface area (Å²) < 4.78 is 7.34. The number of hydrogen-bond donors (Lipinski definition) is 2. The predicted octanol–water partition coefficient (Wildman–Crippen LogP) is 4.94. The minimum Gasteiger partial charge on any atom is -0.507 e. The number of hydrogen-bond acceptors (Lipinski definition) is 4. The molecule has 0 radical (unpaired) electrons. The number of nitrogens with one attached hydrogen (secondary N) is 1. The third-order valence-corrected chi connectivity index (χ3v) is 4.34. The van der Waals surface area contributed by atoms with Crippen molar-refractivity contribution >= 4 is 44.0 Å². The Balaban J connectivity index is 1.67. The van der Waals surface area contributed by atoms with Gasteiger partial charge in [0.05, 0.1) is 11.8 Å². The van der Waals surface area contributed by atoms with Crippen LogP contribution in [0.3, 0.4) is 0 Å². The van der Waals surface area contributed by atoms with Gasteiger partial charge in [-0.05, 0) is 42.5 Å². The second-order valence-corrected chi connectivity index (χ2v) is 6.90. The minimum atomic E-state index is -0.519. The Morgan fingerprint density at radius 1 is 1.04 bits per heavy atom. The smallest absolute Gasteiger partial charge is 0.275 e. The van der Waals surface area contributed by atoms with Crippen LogP contribution in [0.2, 0.25) is 0 Å². The van der Waals surface area contributed by atoms with E-state index in [0.717, 1.165) is 10.0 Å². The van der Waals surface area contributed by atoms with Crippen LogP contribution in [-0.4, -0.2) is 17.2 Å². The van der Waals surface area contributed by atoms with Gasteiger partial charge in [-0.25, -0.2) is 5.43 Å². The van der Waals surface area contributed by atoms with Gasteiger partial charge in [0.15, 0.2) is 0 Å². The van der Waals surface area contributed by atoms with Crippen LogP contribution in [0.1, 0.15) is 16.1 Å². The average Bonchev–Trinajstić information content (AvgIpc) is 3.06. The number of phenolic OH excluding ortho intramolecular Hbond substituents is 1. The van der Waals surface area contributed by atoms with E-state index < -0.39 is 5.91 Å².